The van der Waals surface area contributed by atoms with Gasteiger partial charge in [-0.3, -0.25) is 4.79 Å². The minimum Gasteiger partial charge on any atom is -0.407 e. The Balaban J connectivity index is 1.33. The van der Waals surface area contributed by atoms with Crippen LogP contribution >= 0.6 is 0 Å². The lowest BCUT2D eigenvalue weighted by Gasteiger charge is -2.02. The van der Waals surface area contributed by atoms with Crippen LogP contribution in [0.15, 0.2) is 4.42 Å². The second-order valence-corrected chi connectivity index (χ2v) is 5.17. The highest BCUT2D eigenvalue weighted by Crippen LogP contribution is 2.19. The normalized spacial score (nSPS) is 18.3. The van der Waals surface area contributed by atoms with E-state index in [4.69, 9.17) is 4.42 Å². The Bertz CT molecular complexity index is 439. The van der Waals surface area contributed by atoms with Crippen LogP contribution in [-0.4, -0.2) is 34.7 Å². The quantitative estimate of drug-likeness (QED) is 0.630. The maximum absolute atomic E-state index is 11.4. The highest BCUT2D eigenvalue weighted by atomic mass is 16.4. The lowest BCUT2D eigenvalue weighted by molar-refractivity contribution is -0.120. The molecule has 0 spiro atoms. The molecule has 0 aromatic carbocycles. The zero-order chi connectivity index (χ0) is 13.1. The van der Waals surface area contributed by atoms with Gasteiger partial charge in [-0.25, -0.2) is 0 Å². The molecule has 1 amide bonds. The molecule has 104 valence electrons. The molecule has 0 saturated heterocycles. The van der Waals surface area contributed by atoms with Crippen molar-refractivity contribution in [2.24, 2.45) is 0 Å². The molecule has 0 aliphatic heterocycles. The molecule has 3 N–H and O–H groups in total. The summed E-state index contributed by atoms with van der Waals surface area (Å²) in [6, 6.07) is 1.41. The minimum atomic E-state index is 0.0742. The van der Waals surface area contributed by atoms with E-state index in [9.17, 15) is 4.79 Å². The molecule has 0 bridgehead atoms. The van der Waals surface area contributed by atoms with Crippen molar-refractivity contribution >= 4 is 11.9 Å². The summed E-state index contributed by atoms with van der Waals surface area (Å²) in [5.74, 6) is 0.655. The molecular formula is C12H19N5O2. The molecule has 1 aromatic rings. The van der Waals surface area contributed by atoms with E-state index in [-0.39, 0.29) is 5.91 Å². The Morgan fingerprint density at radius 3 is 2.74 bits per heavy atom. The summed E-state index contributed by atoms with van der Waals surface area (Å²) in [7, 11) is 0. The standard InChI is InChI=1S/C12H19N5O2/c18-10(15-9-3-4-9)5-6-13-12-17-16-11(19-12)7-14-8-1-2-8/h8-9,14H,1-7H2,(H,13,17)(H,15,18). The molecule has 0 unspecified atom stereocenters. The molecule has 2 aliphatic carbocycles. The number of carbonyl (C=O) groups excluding carboxylic acids is 1. The molecule has 2 aliphatic rings. The summed E-state index contributed by atoms with van der Waals surface area (Å²) in [6.07, 6.45) is 5.11. The second kappa shape index (κ2) is 5.56. The van der Waals surface area contributed by atoms with Gasteiger partial charge < -0.3 is 20.4 Å². The molecule has 19 heavy (non-hydrogen) atoms. The Morgan fingerprint density at radius 2 is 2.00 bits per heavy atom. The van der Waals surface area contributed by atoms with Gasteiger partial charge in [0.15, 0.2) is 0 Å². The van der Waals surface area contributed by atoms with Gasteiger partial charge in [0.25, 0.3) is 0 Å². The minimum absolute atomic E-state index is 0.0742. The molecule has 0 radical (unpaired) electrons. The lowest BCUT2D eigenvalue weighted by Crippen LogP contribution is -2.27. The van der Waals surface area contributed by atoms with Crippen LogP contribution in [0.25, 0.3) is 0 Å². The van der Waals surface area contributed by atoms with Crippen LogP contribution < -0.4 is 16.0 Å². The van der Waals surface area contributed by atoms with E-state index in [2.05, 4.69) is 26.1 Å². The van der Waals surface area contributed by atoms with Gasteiger partial charge in [0.2, 0.25) is 11.8 Å². The number of nitrogens with one attached hydrogen (secondary N) is 3. The fourth-order valence-electron chi connectivity index (χ4n) is 1.73. The van der Waals surface area contributed by atoms with E-state index in [0.29, 0.717) is 43.5 Å². The smallest absolute Gasteiger partial charge is 0.315 e. The Labute approximate surface area is 111 Å². The summed E-state index contributed by atoms with van der Waals surface area (Å²) >= 11 is 0. The van der Waals surface area contributed by atoms with E-state index in [1.165, 1.54) is 12.8 Å². The molecule has 7 heteroatoms. The topological polar surface area (TPSA) is 92.1 Å². The number of hydrogen-bond acceptors (Lipinski definition) is 6. The van der Waals surface area contributed by atoms with Crippen molar-refractivity contribution in [2.75, 3.05) is 11.9 Å². The number of nitrogens with zero attached hydrogens (tertiary/aromatic N) is 2. The van der Waals surface area contributed by atoms with Crippen molar-refractivity contribution in [1.29, 1.82) is 0 Å². The summed E-state index contributed by atoms with van der Waals surface area (Å²) in [5, 5.41) is 17.0. The number of anilines is 1. The third-order valence-electron chi connectivity index (χ3n) is 3.16. The second-order valence-electron chi connectivity index (χ2n) is 5.17. The van der Waals surface area contributed by atoms with Crippen LogP contribution in [0.2, 0.25) is 0 Å². The Hall–Kier alpha value is -1.63. The predicted octanol–water partition coefficient (Wildman–Crippen LogP) is 0.402. The molecule has 2 saturated carbocycles. The molecular weight excluding hydrogens is 246 g/mol. The molecule has 3 rings (SSSR count). The van der Waals surface area contributed by atoms with Gasteiger partial charge in [0.1, 0.15) is 0 Å². The SMILES string of the molecule is O=C(CCNc1nnc(CNC2CC2)o1)NC1CC1. The van der Waals surface area contributed by atoms with E-state index in [1.807, 2.05) is 0 Å². The van der Waals surface area contributed by atoms with E-state index in [0.717, 1.165) is 12.8 Å². The number of aromatic nitrogens is 2. The summed E-state index contributed by atoms with van der Waals surface area (Å²) in [6.45, 7) is 1.12. The first-order chi connectivity index (χ1) is 9.29. The van der Waals surface area contributed by atoms with Crippen molar-refractivity contribution in [3.63, 3.8) is 0 Å². The lowest BCUT2D eigenvalue weighted by atomic mass is 10.4. The van der Waals surface area contributed by atoms with Crippen LogP contribution in [0.5, 0.6) is 0 Å². The fourth-order valence-corrected chi connectivity index (χ4v) is 1.73. The van der Waals surface area contributed by atoms with Crippen molar-refractivity contribution in [2.45, 2.75) is 50.7 Å². The zero-order valence-electron chi connectivity index (χ0n) is 10.8. The average molecular weight is 265 g/mol. The first-order valence-corrected chi connectivity index (χ1v) is 6.88. The third kappa shape index (κ3) is 4.20. The first-order valence-electron chi connectivity index (χ1n) is 6.88. The van der Waals surface area contributed by atoms with Crippen LogP contribution in [0.1, 0.15) is 38.0 Å². The van der Waals surface area contributed by atoms with Gasteiger partial charge in [0.05, 0.1) is 6.54 Å². The molecule has 1 heterocycles. The fraction of sp³-hybridized carbons (Fsp3) is 0.750. The van der Waals surface area contributed by atoms with Crippen LogP contribution in [-0.2, 0) is 11.3 Å². The van der Waals surface area contributed by atoms with Crippen LogP contribution in [0.3, 0.4) is 0 Å². The Kier molecular flexibility index (Phi) is 3.63. The van der Waals surface area contributed by atoms with Crippen LogP contribution in [0, 0.1) is 0 Å². The Morgan fingerprint density at radius 1 is 1.21 bits per heavy atom. The number of carbonyl (C=O) groups is 1. The number of amides is 1. The summed E-state index contributed by atoms with van der Waals surface area (Å²) in [4.78, 5) is 11.4. The zero-order valence-corrected chi connectivity index (χ0v) is 10.8. The van der Waals surface area contributed by atoms with Gasteiger partial charge in [-0.15, -0.1) is 5.10 Å². The summed E-state index contributed by atoms with van der Waals surface area (Å²) in [5.41, 5.74) is 0. The van der Waals surface area contributed by atoms with Crippen molar-refractivity contribution < 1.29 is 9.21 Å². The van der Waals surface area contributed by atoms with E-state index in [1.54, 1.807) is 0 Å². The first kappa shape index (κ1) is 12.4. The maximum atomic E-state index is 11.4. The monoisotopic (exact) mass is 265 g/mol. The van der Waals surface area contributed by atoms with Gasteiger partial charge in [-0.1, -0.05) is 5.10 Å². The van der Waals surface area contributed by atoms with Gasteiger partial charge in [0, 0.05) is 25.0 Å². The van der Waals surface area contributed by atoms with E-state index < -0.39 is 0 Å². The van der Waals surface area contributed by atoms with Crippen molar-refractivity contribution in [3.05, 3.63) is 5.89 Å². The molecule has 1 aromatic heterocycles. The summed E-state index contributed by atoms with van der Waals surface area (Å²) < 4.78 is 5.41. The van der Waals surface area contributed by atoms with Gasteiger partial charge >= 0.3 is 6.01 Å². The molecule has 7 nitrogen and oxygen atoms in total. The van der Waals surface area contributed by atoms with Crippen LogP contribution in [0.4, 0.5) is 6.01 Å². The largest absolute Gasteiger partial charge is 0.407 e. The van der Waals surface area contributed by atoms with Crippen molar-refractivity contribution in [3.8, 4) is 0 Å². The number of rotatable bonds is 8. The molecule has 0 atom stereocenters. The van der Waals surface area contributed by atoms with Crippen molar-refractivity contribution in [1.82, 2.24) is 20.8 Å². The average Bonchev–Trinajstić information content (AvgIpc) is 3.30. The van der Waals surface area contributed by atoms with Gasteiger partial charge in [-0.05, 0) is 25.7 Å². The number of hydrogen-bond donors (Lipinski definition) is 3. The van der Waals surface area contributed by atoms with Gasteiger partial charge in [-0.2, -0.15) is 0 Å². The third-order valence-corrected chi connectivity index (χ3v) is 3.16. The predicted molar refractivity (Wildman–Crippen MR) is 68.4 cm³/mol. The molecule has 2 fully saturated rings. The van der Waals surface area contributed by atoms with E-state index >= 15 is 0 Å². The highest BCUT2D eigenvalue weighted by molar-refractivity contribution is 5.77. The highest BCUT2D eigenvalue weighted by Gasteiger charge is 2.23. The maximum Gasteiger partial charge on any atom is 0.315 e.